The quantitative estimate of drug-likeness (QED) is 0.330. The number of ether oxygens (including phenoxy) is 1. The lowest BCUT2D eigenvalue weighted by Gasteiger charge is -2.35. The summed E-state index contributed by atoms with van der Waals surface area (Å²) in [5.41, 5.74) is 4.09. The molecule has 8 heteroatoms. The first-order chi connectivity index (χ1) is 17.7. The highest BCUT2D eigenvalue weighted by Gasteiger charge is 2.24. The van der Waals surface area contributed by atoms with Crippen LogP contribution in [0.15, 0.2) is 65.8 Å². The minimum absolute atomic E-state index is 0.0146. The SMILES string of the molecule is COCc1cc(N2CCN(Cc3ccccc3)CC2)nc(SCc2ccc(C(=O)NC3CC3)cc2)n1. The molecule has 36 heavy (non-hydrogen) atoms. The van der Waals surface area contributed by atoms with Crippen molar-refractivity contribution in [2.24, 2.45) is 0 Å². The second-order valence-corrected chi connectivity index (χ2v) is 10.4. The summed E-state index contributed by atoms with van der Waals surface area (Å²) < 4.78 is 5.37. The van der Waals surface area contributed by atoms with E-state index in [1.165, 1.54) is 5.56 Å². The van der Waals surface area contributed by atoms with Crippen molar-refractivity contribution in [1.82, 2.24) is 20.2 Å². The highest BCUT2D eigenvalue weighted by atomic mass is 32.2. The summed E-state index contributed by atoms with van der Waals surface area (Å²) in [6.07, 6.45) is 2.18. The van der Waals surface area contributed by atoms with Crippen molar-refractivity contribution in [3.63, 3.8) is 0 Å². The molecule has 1 amide bonds. The molecule has 1 saturated heterocycles. The van der Waals surface area contributed by atoms with Gasteiger partial charge in [-0.15, -0.1) is 0 Å². The number of amides is 1. The molecule has 5 rings (SSSR count). The molecule has 1 aliphatic carbocycles. The van der Waals surface area contributed by atoms with Crippen molar-refractivity contribution >= 4 is 23.5 Å². The van der Waals surface area contributed by atoms with Crippen molar-refractivity contribution in [3.05, 3.63) is 83.0 Å². The molecule has 188 valence electrons. The molecule has 0 atom stereocenters. The number of hydrogen-bond donors (Lipinski definition) is 1. The number of hydrogen-bond acceptors (Lipinski definition) is 7. The molecule has 2 aromatic carbocycles. The Morgan fingerprint density at radius 2 is 1.75 bits per heavy atom. The van der Waals surface area contributed by atoms with Gasteiger partial charge in [-0.05, 0) is 36.1 Å². The highest BCUT2D eigenvalue weighted by molar-refractivity contribution is 7.98. The number of methoxy groups -OCH3 is 1. The Balaban J connectivity index is 1.19. The smallest absolute Gasteiger partial charge is 0.251 e. The number of nitrogens with one attached hydrogen (secondary N) is 1. The second kappa shape index (κ2) is 11.9. The number of anilines is 1. The van der Waals surface area contributed by atoms with Gasteiger partial charge in [-0.2, -0.15) is 0 Å². The number of aromatic nitrogens is 2. The molecule has 0 spiro atoms. The largest absolute Gasteiger partial charge is 0.378 e. The van der Waals surface area contributed by atoms with E-state index in [-0.39, 0.29) is 5.91 Å². The predicted molar refractivity (Wildman–Crippen MR) is 143 cm³/mol. The van der Waals surface area contributed by atoms with E-state index in [0.717, 1.165) is 73.5 Å². The molecule has 1 aliphatic heterocycles. The number of carbonyl (C=O) groups is 1. The van der Waals surface area contributed by atoms with Gasteiger partial charge in [0, 0.05) is 63.3 Å². The van der Waals surface area contributed by atoms with Crippen LogP contribution in [-0.2, 0) is 23.6 Å². The van der Waals surface area contributed by atoms with Crippen LogP contribution in [0.5, 0.6) is 0 Å². The molecule has 0 bridgehead atoms. The van der Waals surface area contributed by atoms with Crippen LogP contribution in [0.25, 0.3) is 0 Å². The summed E-state index contributed by atoms with van der Waals surface area (Å²) in [5, 5.41) is 3.79. The van der Waals surface area contributed by atoms with E-state index in [2.05, 4.69) is 45.4 Å². The molecule has 1 aromatic heterocycles. The van der Waals surface area contributed by atoms with E-state index in [0.29, 0.717) is 18.2 Å². The first kappa shape index (κ1) is 24.7. The van der Waals surface area contributed by atoms with Crippen LogP contribution >= 0.6 is 11.8 Å². The Kier molecular flexibility index (Phi) is 8.15. The minimum atomic E-state index is 0.0146. The van der Waals surface area contributed by atoms with Crippen LogP contribution in [0.2, 0.25) is 0 Å². The third-order valence-corrected chi connectivity index (χ3v) is 7.40. The molecular formula is C28H33N5O2S. The average molecular weight is 504 g/mol. The minimum Gasteiger partial charge on any atom is -0.378 e. The van der Waals surface area contributed by atoms with E-state index in [9.17, 15) is 4.79 Å². The molecule has 0 unspecified atom stereocenters. The van der Waals surface area contributed by atoms with Crippen LogP contribution in [0.4, 0.5) is 5.82 Å². The second-order valence-electron chi connectivity index (χ2n) is 9.42. The van der Waals surface area contributed by atoms with Gasteiger partial charge in [-0.3, -0.25) is 9.69 Å². The number of rotatable bonds is 10. The number of benzene rings is 2. The average Bonchev–Trinajstić information content (AvgIpc) is 3.73. The molecule has 1 saturated carbocycles. The molecule has 7 nitrogen and oxygen atoms in total. The summed E-state index contributed by atoms with van der Waals surface area (Å²) in [5.74, 6) is 1.72. The van der Waals surface area contributed by atoms with E-state index < -0.39 is 0 Å². The first-order valence-electron chi connectivity index (χ1n) is 12.6. The van der Waals surface area contributed by atoms with Gasteiger partial charge in [0.25, 0.3) is 5.91 Å². The van der Waals surface area contributed by atoms with Crippen LogP contribution < -0.4 is 10.2 Å². The van der Waals surface area contributed by atoms with Crippen molar-refractivity contribution in [2.75, 3.05) is 38.2 Å². The molecular weight excluding hydrogens is 470 g/mol. The van der Waals surface area contributed by atoms with Crippen LogP contribution in [0, 0.1) is 0 Å². The zero-order valence-electron chi connectivity index (χ0n) is 20.7. The normalized spacial score (nSPS) is 16.2. The monoisotopic (exact) mass is 503 g/mol. The summed E-state index contributed by atoms with van der Waals surface area (Å²) in [6, 6.07) is 20.9. The Labute approximate surface area is 217 Å². The fourth-order valence-corrected chi connectivity index (χ4v) is 5.11. The van der Waals surface area contributed by atoms with Crippen molar-refractivity contribution in [3.8, 4) is 0 Å². The summed E-state index contributed by atoms with van der Waals surface area (Å²) in [4.78, 5) is 26.7. The lowest BCUT2D eigenvalue weighted by atomic mass is 10.1. The Bertz CT molecular complexity index is 1150. The summed E-state index contributed by atoms with van der Waals surface area (Å²) in [6.45, 7) is 5.32. The Morgan fingerprint density at radius 1 is 1.00 bits per heavy atom. The predicted octanol–water partition coefficient (Wildman–Crippen LogP) is 4.13. The summed E-state index contributed by atoms with van der Waals surface area (Å²) in [7, 11) is 1.69. The van der Waals surface area contributed by atoms with Crippen LogP contribution in [-0.4, -0.2) is 60.1 Å². The molecule has 2 aliphatic rings. The first-order valence-corrected chi connectivity index (χ1v) is 13.6. The topological polar surface area (TPSA) is 70.6 Å². The van der Waals surface area contributed by atoms with Crippen molar-refractivity contribution in [1.29, 1.82) is 0 Å². The van der Waals surface area contributed by atoms with Gasteiger partial charge in [0.15, 0.2) is 5.16 Å². The van der Waals surface area contributed by atoms with Gasteiger partial charge < -0.3 is 15.0 Å². The van der Waals surface area contributed by atoms with Gasteiger partial charge in [0.2, 0.25) is 0 Å². The lowest BCUT2D eigenvalue weighted by Crippen LogP contribution is -2.46. The lowest BCUT2D eigenvalue weighted by molar-refractivity contribution is 0.0951. The van der Waals surface area contributed by atoms with E-state index in [4.69, 9.17) is 14.7 Å². The number of nitrogens with zero attached hydrogens (tertiary/aromatic N) is 4. The van der Waals surface area contributed by atoms with Gasteiger partial charge in [-0.1, -0.05) is 54.2 Å². The molecule has 2 heterocycles. The highest BCUT2D eigenvalue weighted by Crippen LogP contribution is 2.25. The molecule has 3 aromatic rings. The Hall–Kier alpha value is -2.94. The standard InChI is InChI=1S/C28H33N5O2S/c1-35-19-25-17-26(33-15-13-32(14-16-33)18-21-5-3-2-4-6-21)31-28(30-25)36-20-22-7-9-23(10-8-22)27(34)29-24-11-12-24/h2-10,17,24H,11-16,18-20H2,1H3,(H,29,34). The maximum Gasteiger partial charge on any atom is 0.251 e. The molecule has 2 fully saturated rings. The number of thioether (sulfide) groups is 1. The molecule has 1 N–H and O–H groups in total. The van der Waals surface area contributed by atoms with Gasteiger partial charge in [0.1, 0.15) is 5.82 Å². The fraction of sp³-hybridized carbons (Fsp3) is 0.393. The zero-order chi connectivity index (χ0) is 24.7. The third-order valence-electron chi connectivity index (χ3n) is 6.48. The van der Waals surface area contributed by atoms with E-state index >= 15 is 0 Å². The van der Waals surface area contributed by atoms with E-state index in [1.807, 2.05) is 30.3 Å². The summed E-state index contributed by atoms with van der Waals surface area (Å²) >= 11 is 1.61. The van der Waals surface area contributed by atoms with Crippen molar-refractivity contribution < 1.29 is 9.53 Å². The van der Waals surface area contributed by atoms with Gasteiger partial charge in [0.05, 0.1) is 12.3 Å². The maximum atomic E-state index is 12.2. The van der Waals surface area contributed by atoms with E-state index in [1.54, 1.807) is 18.9 Å². The Morgan fingerprint density at radius 3 is 2.44 bits per heavy atom. The third kappa shape index (κ3) is 6.84. The van der Waals surface area contributed by atoms with Gasteiger partial charge >= 0.3 is 0 Å². The molecule has 0 radical (unpaired) electrons. The van der Waals surface area contributed by atoms with Gasteiger partial charge in [-0.25, -0.2) is 9.97 Å². The zero-order valence-corrected chi connectivity index (χ0v) is 21.5. The number of carbonyl (C=O) groups excluding carboxylic acids is 1. The maximum absolute atomic E-state index is 12.2. The van der Waals surface area contributed by atoms with Crippen LogP contribution in [0.1, 0.15) is 40.0 Å². The van der Waals surface area contributed by atoms with Crippen LogP contribution in [0.3, 0.4) is 0 Å². The fourth-order valence-electron chi connectivity index (χ4n) is 4.28. The number of piperazine rings is 1. The van der Waals surface area contributed by atoms with Crippen molar-refractivity contribution in [2.45, 2.75) is 42.9 Å².